The molecular weight excluding hydrogens is 210 g/mol. The highest BCUT2D eigenvalue weighted by Crippen LogP contribution is 2.62. The zero-order valence-corrected chi connectivity index (χ0v) is 11.8. The van der Waals surface area contributed by atoms with Gasteiger partial charge < -0.3 is 10.1 Å². The molecule has 3 fully saturated rings. The smallest absolute Gasteiger partial charge is 0.0554 e. The average molecular weight is 237 g/mol. The minimum Gasteiger partial charge on any atom is -0.380 e. The van der Waals surface area contributed by atoms with Crippen molar-refractivity contribution >= 4 is 0 Å². The fraction of sp³-hybridized carbons (Fsp3) is 1.00. The molecule has 2 bridgehead atoms. The molecule has 1 heterocycles. The van der Waals surface area contributed by atoms with Crippen LogP contribution in [0, 0.1) is 22.2 Å². The Morgan fingerprint density at radius 3 is 2.35 bits per heavy atom. The summed E-state index contributed by atoms with van der Waals surface area (Å²) >= 11 is 0. The molecule has 1 saturated heterocycles. The van der Waals surface area contributed by atoms with E-state index < -0.39 is 0 Å². The number of hydrogen-bond acceptors (Lipinski definition) is 2. The summed E-state index contributed by atoms with van der Waals surface area (Å²) in [6, 6.07) is 0.700. The fourth-order valence-corrected chi connectivity index (χ4v) is 4.71. The van der Waals surface area contributed by atoms with Crippen molar-refractivity contribution in [3.63, 3.8) is 0 Å². The molecule has 0 amide bonds. The van der Waals surface area contributed by atoms with E-state index in [9.17, 15) is 0 Å². The number of rotatable bonds is 3. The number of hydrogen-bond donors (Lipinski definition) is 1. The van der Waals surface area contributed by atoms with E-state index in [1.165, 1.54) is 19.3 Å². The highest BCUT2D eigenvalue weighted by atomic mass is 16.5. The molecule has 2 heteroatoms. The molecule has 3 unspecified atom stereocenters. The summed E-state index contributed by atoms with van der Waals surface area (Å²) in [6.07, 6.45) is 4.30. The van der Waals surface area contributed by atoms with Crippen LogP contribution in [0.1, 0.15) is 47.0 Å². The summed E-state index contributed by atoms with van der Waals surface area (Å²) in [7, 11) is 0. The lowest BCUT2D eigenvalue weighted by Crippen LogP contribution is -2.56. The topological polar surface area (TPSA) is 21.3 Å². The van der Waals surface area contributed by atoms with E-state index >= 15 is 0 Å². The molecule has 2 nitrogen and oxygen atoms in total. The van der Waals surface area contributed by atoms with E-state index in [1.807, 2.05) is 0 Å². The number of fused-ring (bicyclic) bond motifs is 2. The van der Waals surface area contributed by atoms with Gasteiger partial charge in [-0.25, -0.2) is 0 Å². The van der Waals surface area contributed by atoms with Gasteiger partial charge in [-0.15, -0.1) is 0 Å². The van der Waals surface area contributed by atoms with Crippen LogP contribution in [-0.4, -0.2) is 25.8 Å². The minimum absolute atomic E-state index is 0.397. The molecule has 3 rings (SSSR count). The van der Waals surface area contributed by atoms with Crippen LogP contribution in [0.15, 0.2) is 0 Å². The Balaban J connectivity index is 1.69. The van der Waals surface area contributed by atoms with Gasteiger partial charge in [-0.3, -0.25) is 0 Å². The van der Waals surface area contributed by atoms with Gasteiger partial charge in [0.05, 0.1) is 13.2 Å². The van der Waals surface area contributed by atoms with Crippen molar-refractivity contribution < 1.29 is 4.74 Å². The first-order valence-electron chi connectivity index (χ1n) is 7.17. The lowest BCUT2D eigenvalue weighted by Gasteiger charge is -2.46. The van der Waals surface area contributed by atoms with Gasteiger partial charge in [-0.1, -0.05) is 27.7 Å². The third-order valence-corrected chi connectivity index (χ3v) is 5.90. The Morgan fingerprint density at radius 1 is 1.18 bits per heavy atom. The van der Waals surface area contributed by atoms with E-state index in [1.54, 1.807) is 0 Å². The first-order valence-corrected chi connectivity index (χ1v) is 7.17. The monoisotopic (exact) mass is 237 g/mol. The van der Waals surface area contributed by atoms with Crippen LogP contribution in [0.25, 0.3) is 0 Å². The number of nitrogens with one attached hydrogen (secondary N) is 1. The standard InChI is InChI=1S/C15H27NO/c1-13(2)11-5-6-15(4,7-11)12(13)16-8-14(3)9-17-10-14/h11-12,16H,5-10H2,1-4H3. The third-order valence-electron chi connectivity index (χ3n) is 5.90. The molecule has 17 heavy (non-hydrogen) atoms. The first-order chi connectivity index (χ1) is 7.86. The van der Waals surface area contributed by atoms with Crippen LogP contribution < -0.4 is 5.32 Å². The molecule has 0 aromatic rings. The third kappa shape index (κ3) is 1.67. The Kier molecular flexibility index (Phi) is 2.45. The lowest BCUT2D eigenvalue weighted by atomic mass is 9.68. The Morgan fingerprint density at radius 2 is 1.88 bits per heavy atom. The molecule has 2 saturated carbocycles. The highest BCUT2D eigenvalue weighted by Gasteiger charge is 2.59. The highest BCUT2D eigenvalue weighted by molar-refractivity contribution is 5.12. The van der Waals surface area contributed by atoms with Crippen molar-refractivity contribution in [2.75, 3.05) is 19.8 Å². The summed E-state index contributed by atoms with van der Waals surface area (Å²) in [5, 5.41) is 3.91. The maximum Gasteiger partial charge on any atom is 0.0554 e. The predicted molar refractivity (Wildman–Crippen MR) is 69.9 cm³/mol. The van der Waals surface area contributed by atoms with Gasteiger partial charge in [0.1, 0.15) is 0 Å². The second kappa shape index (κ2) is 3.48. The van der Waals surface area contributed by atoms with E-state index in [0.29, 0.717) is 22.3 Å². The second-order valence-corrected chi connectivity index (χ2v) is 8.03. The van der Waals surface area contributed by atoms with E-state index in [0.717, 1.165) is 25.7 Å². The maximum atomic E-state index is 5.35. The maximum absolute atomic E-state index is 5.35. The fourth-order valence-electron chi connectivity index (χ4n) is 4.71. The molecule has 1 N–H and O–H groups in total. The molecule has 0 aromatic carbocycles. The molecule has 0 spiro atoms. The quantitative estimate of drug-likeness (QED) is 0.815. The zero-order chi connectivity index (χ0) is 12.3. The van der Waals surface area contributed by atoms with Crippen molar-refractivity contribution in [1.82, 2.24) is 5.32 Å². The summed E-state index contributed by atoms with van der Waals surface area (Å²) in [4.78, 5) is 0. The summed E-state index contributed by atoms with van der Waals surface area (Å²) in [5.41, 5.74) is 1.43. The van der Waals surface area contributed by atoms with Crippen molar-refractivity contribution in [1.29, 1.82) is 0 Å². The van der Waals surface area contributed by atoms with Crippen molar-refractivity contribution in [2.24, 2.45) is 22.2 Å². The SMILES string of the molecule is CC1(CNC2C3(C)CCC(C3)C2(C)C)COC1. The summed E-state index contributed by atoms with van der Waals surface area (Å²) < 4.78 is 5.35. The Bertz CT molecular complexity index is 316. The normalized spacial score (nSPS) is 45.9. The molecule has 3 aliphatic rings. The second-order valence-electron chi connectivity index (χ2n) is 8.03. The van der Waals surface area contributed by atoms with Crippen LogP contribution in [0.3, 0.4) is 0 Å². The van der Waals surface area contributed by atoms with Crippen LogP contribution in [0.4, 0.5) is 0 Å². The van der Waals surface area contributed by atoms with Gasteiger partial charge in [0.15, 0.2) is 0 Å². The van der Waals surface area contributed by atoms with Gasteiger partial charge in [0, 0.05) is 18.0 Å². The Labute approximate surface area is 105 Å². The first kappa shape index (κ1) is 12.0. The van der Waals surface area contributed by atoms with Crippen LogP contribution in [0.5, 0.6) is 0 Å². The van der Waals surface area contributed by atoms with Crippen molar-refractivity contribution in [3.05, 3.63) is 0 Å². The molecule has 3 atom stereocenters. The van der Waals surface area contributed by atoms with E-state index in [-0.39, 0.29) is 0 Å². The van der Waals surface area contributed by atoms with E-state index in [4.69, 9.17) is 4.74 Å². The van der Waals surface area contributed by atoms with E-state index in [2.05, 4.69) is 33.0 Å². The molecule has 1 aliphatic heterocycles. The Hall–Kier alpha value is -0.0800. The van der Waals surface area contributed by atoms with Gasteiger partial charge in [0.25, 0.3) is 0 Å². The summed E-state index contributed by atoms with van der Waals surface area (Å²) in [6.45, 7) is 12.8. The zero-order valence-electron chi connectivity index (χ0n) is 11.8. The van der Waals surface area contributed by atoms with Crippen LogP contribution >= 0.6 is 0 Å². The molecule has 2 aliphatic carbocycles. The average Bonchev–Trinajstić information content (AvgIpc) is 2.66. The van der Waals surface area contributed by atoms with Crippen LogP contribution in [0.2, 0.25) is 0 Å². The van der Waals surface area contributed by atoms with Gasteiger partial charge in [-0.2, -0.15) is 0 Å². The van der Waals surface area contributed by atoms with Gasteiger partial charge in [-0.05, 0) is 36.0 Å². The predicted octanol–water partition coefficient (Wildman–Crippen LogP) is 2.83. The lowest BCUT2D eigenvalue weighted by molar-refractivity contribution is -0.103. The minimum atomic E-state index is 0.397. The van der Waals surface area contributed by atoms with Crippen molar-refractivity contribution in [2.45, 2.75) is 53.0 Å². The molecular formula is C15H27NO. The molecule has 98 valence electrons. The van der Waals surface area contributed by atoms with Crippen LogP contribution in [-0.2, 0) is 4.74 Å². The largest absolute Gasteiger partial charge is 0.380 e. The van der Waals surface area contributed by atoms with Crippen molar-refractivity contribution in [3.8, 4) is 0 Å². The molecule has 0 aromatic heterocycles. The summed E-state index contributed by atoms with van der Waals surface area (Å²) in [5.74, 6) is 0.940. The van der Waals surface area contributed by atoms with Gasteiger partial charge >= 0.3 is 0 Å². The number of ether oxygens (including phenoxy) is 1. The molecule has 0 radical (unpaired) electrons. The van der Waals surface area contributed by atoms with Gasteiger partial charge in [0.2, 0.25) is 0 Å².